The molecule has 10 rings (SSSR count). The quantitative estimate of drug-likeness (QED) is 0.176. The zero-order valence-electron chi connectivity index (χ0n) is 36.9. The molecule has 0 radical (unpaired) electrons. The van der Waals surface area contributed by atoms with E-state index >= 15 is 0 Å². The number of benzene rings is 9. The molecule has 0 N–H and O–H groups in total. The molecule has 1 nitrogen and oxygen atoms in total. The van der Waals surface area contributed by atoms with Gasteiger partial charge in [-0.15, -0.1) is 0 Å². The molecule has 0 saturated heterocycles. The zero-order chi connectivity index (χ0) is 41.9. The summed E-state index contributed by atoms with van der Waals surface area (Å²) in [7, 11) is 0. The normalized spacial score (nSPS) is 14.8. The average molecular weight is 634 g/mol. The minimum atomic E-state index is -0.655. The fraction of sp³-hybridized carbons (Fsp3) is 0. The molecule has 0 spiro atoms. The maximum atomic E-state index is 9.80. The van der Waals surface area contributed by atoms with E-state index in [1.54, 1.807) is 0 Å². The molecule has 49 heavy (non-hydrogen) atoms. The molecule has 0 bridgehead atoms. The third kappa shape index (κ3) is 4.47. The molecule has 228 valence electrons. The van der Waals surface area contributed by atoms with Gasteiger partial charge in [-0.1, -0.05) is 164 Å². The Kier molecular flexibility index (Phi) is 4.25. The molecule has 10 aromatic rings. The van der Waals surface area contributed by atoms with Crippen LogP contribution in [0.5, 0.6) is 0 Å². The summed E-state index contributed by atoms with van der Waals surface area (Å²) in [6.45, 7) is 0. The molecule has 0 saturated carbocycles. The first-order valence-electron chi connectivity index (χ1n) is 21.4. The molecule has 0 aliphatic rings. The van der Waals surface area contributed by atoms with E-state index in [4.69, 9.17) is 15.4 Å². The van der Waals surface area contributed by atoms with Crippen molar-refractivity contribution in [1.82, 2.24) is 0 Å². The van der Waals surface area contributed by atoms with Crippen molar-refractivity contribution in [3.63, 3.8) is 0 Å². The highest BCUT2D eigenvalue weighted by atomic mass is 16.3. The minimum Gasteiger partial charge on any atom is -0.455 e. The number of hydrogen-bond acceptors (Lipinski definition) is 1. The lowest BCUT2D eigenvalue weighted by Gasteiger charge is -2.18. The van der Waals surface area contributed by atoms with Gasteiger partial charge < -0.3 is 4.42 Å². The van der Waals surface area contributed by atoms with Gasteiger partial charge in [0.15, 0.2) is 0 Å². The van der Waals surface area contributed by atoms with E-state index < -0.39 is 59.9 Å². The van der Waals surface area contributed by atoms with Crippen molar-refractivity contribution >= 4 is 54.3 Å². The molecule has 1 aromatic heterocycles. The Bertz CT molecular complexity index is 3410. The van der Waals surface area contributed by atoms with Gasteiger partial charge in [-0.25, -0.2) is 0 Å². The summed E-state index contributed by atoms with van der Waals surface area (Å²) >= 11 is 0. The van der Waals surface area contributed by atoms with Crippen LogP contribution in [0.4, 0.5) is 0 Å². The number of furan rings is 1. The summed E-state index contributed by atoms with van der Waals surface area (Å²) in [5, 5.41) is 5.30. The van der Waals surface area contributed by atoms with Crippen LogP contribution in [0.3, 0.4) is 0 Å². The van der Waals surface area contributed by atoms with Gasteiger partial charge in [-0.2, -0.15) is 0 Å². The number of para-hydroxylation sites is 1. The maximum Gasteiger partial charge on any atom is 0.143 e. The van der Waals surface area contributed by atoms with Crippen LogP contribution in [-0.2, 0) is 0 Å². The lowest BCUT2D eigenvalue weighted by Crippen LogP contribution is -1.91. The molecular formula is C48H30O. The topological polar surface area (TPSA) is 13.1 Å². The molecule has 0 fully saturated rings. The highest BCUT2D eigenvalue weighted by Gasteiger charge is 2.19. The number of fused-ring (bicyclic) bond motifs is 6. The lowest BCUT2D eigenvalue weighted by atomic mass is 9.85. The highest BCUT2D eigenvalue weighted by Crippen LogP contribution is 2.45. The van der Waals surface area contributed by atoms with E-state index in [0.29, 0.717) is 5.56 Å². The molecule has 1 heterocycles. The van der Waals surface area contributed by atoms with E-state index in [-0.39, 0.29) is 45.2 Å². The summed E-state index contributed by atoms with van der Waals surface area (Å²) in [6, 6.07) is 32.6. The van der Waals surface area contributed by atoms with Gasteiger partial charge >= 0.3 is 0 Å². The van der Waals surface area contributed by atoms with Gasteiger partial charge in [0, 0.05) is 16.3 Å². The van der Waals surface area contributed by atoms with Crippen LogP contribution in [0, 0.1) is 0 Å². The van der Waals surface area contributed by atoms with E-state index in [1.165, 1.54) is 5.39 Å². The Morgan fingerprint density at radius 2 is 1.00 bits per heavy atom. The second-order valence-electron chi connectivity index (χ2n) is 12.0. The van der Waals surface area contributed by atoms with Crippen molar-refractivity contribution in [3.05, 3.63) is 182 Å². The van der Waals surface area contributed by atoms with E-state index in [0.717, 1.165) is 49.2 Å². The summed E-state index contributed by atoms with van der Waals surface area (Å²) < 4.78 is 103. The Balaban J connectivity index is 1.25. The summed E-state index contributed by atoms with van der Waals surface area (Å²) in [6.07, 6.45) is 0. The first kappa shape index (κ1) is 18.8. The smallest absolute Gasteiger partial charge is 0.143 e. The zero-order valence-corrected chi connectivity index (χ0v) is 25.9. The van der Waals surface area contributed by atoms with E-state index in [2.05, 4.69) is 54.6 Å². The van der Waals surface area contributed by atoms with Crippen molar-refractivity contribution in [1.29, 1.82) is 0 Å². The largest absolute Gasteiger partial charge is 0.455 e. The summed E-state index contributed by atoms with van der Waals surface area (Å²) in [4.78, 5) is 0. The highest BCUT2D eigenvalue weighted by molar-refractivity contribution is 6.22. The van der Waals surface area contributed by atoms with Crippen molar-refractivity contribution in [3.8, 4) is 44.5 Å². The Morgan fingerprint density at radius 1 is 0.388 bits per heavy atom. The van der Waals surface area contributed by atoms with Crippen LogP contribution in [-0.4, -0.2) is 0 Å². The molecule has 0 aliphatic carbocycles. The van der Waals surface area contributed by atoms with Gasteiger partial charge in [-0.05, 0) is 89.4 Å². The SMILES string of the molecule is [2H]c1c([2H])c([2H])c(-c2c([2H])c([2H])c([2H])c3c2oc2c([2H])c([2H])c(-c4c5ccccc5c(-c5ccc(-c6ccc7ccccc7c6)cc5)c5ccccc45)c([2H])c23)c([2H])c1[2H]. The maximum absolute atomic E-state index is 9.80. The van der Waals surface area contributed by atoms with Crippen molar-refractivity contribution in [2.45, 2.75) is 0 Å². The molecule has 9 aromatic carbocycles. The second-order valence-corrected chi connectivity index (χ2v) is 12.0. The fourth-order valence-corrected chi connectivity index (χ4v) is 7.01. The van der Waals surface area contributed by atoms with Crippen LogP contribution >= 0.6 is 0 Å². The van der Waals surface area contributed by atoms with Gasteiger partial charge in [0.25, 0.3) is 0 Å². The predicted molar refractivity (Wildman–Crippen MR) is 208 cm³/mol. The molecule has 0 amide bonds. The predicted octanol–water partition coefficient (Wildman–Crippen LogP) is 13.7. The van der Waals surface area contributed by atoms with Gasteiger partial charge in [-0.3, -0.25) is 0 Å². The van der Waals surface area contributed by atoms with E-state index in [9.17, 15) is 4.11 Å². The van der Waals surface area contributed by atoms with Crippen LogP contribution in [0.2, 0.25) is 0 Å². The summed E-state index contributed by atoms with van der Waals surface area (Å²) in [5.41, 5.74) is 3.46. The first-order valence-corrected chi connectivity index (χ1v) is 15.9. The number of hydrogen-bond donors (Lipinski definition) is 0. The van der Waals surface area contributed by atoms with Gasteiger partial charge in [0.05, 0.1) is 15.1 Å². The monoisotopic (exact) mass is 633 g/mol. The first-order chi connectivity index (χ1) is 28.9. The molecule has 0 aliphatic heterocycles. The minimum absolute atomic E-state index is 0.0466. The Labute approximate surface area is 299 Å². The third-order valence-corrected chi connectivity index (χ3v) is 9.25. The summed E-state index contributed by atoms with van der Waals surface area (Å²) in [5.74, 6) is 0. The third-order valence-electron chi connectivity index (χ3n) is 9.25. The van der Waals surface area contributed by atoms with Crippen LogP contribution in [0.25, 0.3) is 98.8 Å². The Hall–Kier alpha value is -6.44. The van der Waals surface area contributed by atoms with Crippen molar-refractivity contribution in [2.75, 3.05) is 0 Å². The fourth-order valence-electron chi connectivity index (χ4n) is 7.01. The second kappa shape index (κ2) is 11.1. The molecule has 0 unspecified atom stereocenters. The van der Waals surface area contributed by atoms with Crippen molar-refractivity contribution in [2.24, 2.45) is 0 Å². The van der Waals surface area contributed by atoms with Crippen LogP contribution in [0.15, 0.2) is 186 Å². The average Bonchev–Trinajstić information content (AvgIpc) is 3.68. The van der Waals surface area contributed by atoms with Gasteiger partial charge in [0.1, 0.15) is 11.2 Å². The van der Waals surface area contributed by atoms with Crippen LogP contribution in [0.1, 0.15) is 15.1 Å². The van der Waals surface area contributed by atoms with E-state index in [1.807, 2.05) is 60.7 Å². The molecular weight excluding hydrogens is 593 g/mol. The Morgan fingerprint density at radius 3 is 1.71 bits per heavy atom. The molecule has 1 heteroatoms. The van der Waals surface area contributed by atoms with Gasteiger partial charge in [0.2, 0.25) is 0 Å². The number of rotatable bonds is 4. The lowest BCUT2D eigenvalue weighted by molar-refractivity contribution is 0.670. The van der Waals surface area contributed by atoms with Crippen LogP contribution < -0.4 is 0 Å². The standard InChI is InChI=1S/C48H30O/c1-2-12-33(13-3-1)38-19-10-20-43-44-30-37(27-28-45(44)49-48(38)43)47-41-17-8-6-15-39(41)46(40-16-7-9-18-42(40)47)34-24-21-32(22-25-34)36-26-23-31-11-4-5-14-35(31)29-36/h1-30H/i1D,2D,3D,10D,12D,13D,19D,20D,27D,28D,30D. The van der Waals surface area contributed by atoms with Crippen molar-refractivity contribution < 1.29 is 19.5 Å². The molecule has 0 atom stereocenters.